The molecule has 2 saturated heterocycles. The standard InChI is InChI=1S/C18H30N4/c1-14(2)22-10-8-17(9-11-22)19-12-16-13-20-21-18(16)15-6-4-3-5-7-15/h3-7,14,16-21H,8-13H2,1-2H3. The van der Waals surface area contributed by atoms with Crippen molar-refractivity contribution in [1.29, 1.82) is 0 Å². The third-order valence-corrected chi connectivity index (χ3v) is 5.18. The van der Waals surface area contributed by atoms with Gasteiger partial charge in [-0.05, 0) is 45.3 Å². The van der Waals surface area contributed by atoms with Crippen LogP contribution < -0.4 is 16.2 Å². The first kappa shape index (κ1) is 15.9. The van der Waals surface area contributed by atoms with Crippen LogP contribution in [0.3, 0.4) is 0 Å². The molecule has 2 fully saturated rings. The van der Waals surface area contributed by atoms with Crippen LogP contribution in [0.1, 0.15) is 38.3 Å². The highest BCUT2D eigenvalue weighted by Crippen LogP contribution is 2.24. The highest BCUT2D eigenvalue weighted by Gasteiger charge is 2.29. The van der Waals surface area contributed by atoms with Crippen molar-refractivity contribution in [2.24, 2.45) is 5.92 Å². The number of hydrogen-bond donors (Lipinski definition) is 3. The lowest BCUT2D eigenvalue weighted by molar-refractivity contribution is 0.159. The molecule has 1 aromatic rings. The molecule has 0 spiro atoms. The number of hydrazine groups is 1. The van der Waals surface area contributed by atoms with Gasteiger partial charge in [-0.3, -0.25) is 5.43 Å². The van der Waals surface area contributed by atoms with Crippen LogP contribution in [0.2, 0.25) is 0 Å². The van der Waals surface area contributed by atoms with E-state index in [0.29, 0.717) is 24.0 Å². The zero-order valence-corrected chi connectivity index (χ0v) is 13.9. The van der Waals surface area contributed by atoms with Gasteiger partial charge in [-0.1, -0.05) is 30.3 Å². The van der Waals surface area contributed by atoms with Gasteiger partial charge in [0, 0.05) is 31.1 Å². The minimum Gasteiger partial charge on any atom is -0.313 e. The summed E-state index contributed by atoms with van der Waals surface area (Å²) in [5, 5.41) is 3.82. The molecule has 0 bridgehead atoms. The third kappa shape index (κ3) is 3.87. The molecule has 4 heteroatoms. The SMILES string of the molecule is CC(C)N1CCC(NCC2CNNC2c2ccccc2)CC1. The third-order valence-electron chi connectivity index (χ3n) is 5.18. The molecule has 3 rings (SSSR count). The fourth-order valence-corrected chi connectivity index (χ4v) is 3.68. The van der Waals surface area contributed by atoms with Crippen LogP contribution in [-0.4, -0.2) is 43.2 Å². The van der Waals surface area contributed by atoms with Crippen molar-refractivity contribution >= 4 is 0 Å². The molecular formula is C18H30N4. The topological polar surface area (TPSA) is 39.3 Å². The van der Waals surface area contributed by atoms with Gasteiger partial charge in [-0.25, -0.2) is 5.43 Å². The number of likely N-dealkylation sites (tertiary alicyclic amines) is 1. The predicted octanol–water partition coefficient (Wildman–Crippen LogP) is 1.91. The molecule has 4 nitrogen and oxygen atoms in total. The minimum absolute atomic E-state index is 0.421. The number of nitrogens with one attached hydrogen (secondary N) is 3. The lowest BCUT2D eigenvalue weighted by Gasteiger charge is -2.35. The maximum absolute atomic E-state index is 3.82. The van der Waals surface area contributed by atoms with Crippen molar-refractivity contribution < 1.29 is 0 Å². The lowest BCUT2D eigenvalue weighted by atomic mass is 9.94. The average Bonchev–Trinajstić information content (AvgIpc) is 3.02. The summed E-state index contributed by atoms with van der Waals surface area (Å²) in [6, 6.07) is 12.6. The summed E-state index contributed by atoms with van der Waals surface area (Å²) in [7, 11) is 0. The van der Waals surface area contributed by atoms with E-state index in [2.05, 4.69) is 65.2 Å². The van der Waals surface area contributed by atoms with E-state index < -0.39 is 0 Å². The maximum atomic E-state index is 3.82. The van der Waals surface area contributed by atoms with E-state index in [0.717, 1.165) is 13.1 Å². The zero-order chi connectivity index (χ0) is 15.4. The summed E-state index contributed by atoms with van der Waals surface area (Å²) in [5.41, 5.74) is 8.15. The highest BCUT2D eigenvalue weighted by molar-refractivity contribution is 5.20. The summed E-state index contributed by atoms with van der Waals surface area (Å²) in [6.45, 7) is 9.20. The normalized spacial score (nSPS) is 27.6. The monoisotopic (exact) mass is 302 g/mol. The molecule has 0 saturated carbocycles. The second kappa shape index (κ2) is 7.55. The highest BCUT2D eigenvalue weighted by atomic mass is 15.4. The number of hydrogen-bond acceptors (Lipinski definition) is 4. The average molecular weight is 302 g/mol. The molecule has 3 N–H and O–H groups in total. The molecule has 0 amide bonds. The van der Waals surface area contributed by atoms with E-state index in [1.807, 2.05) is 0 Å². The van der Waals surface area contributed by atoms with Crippen LogP contribution in [0.15, 0.2) is 30.3 Å². The molecule has 2 aliphatic rings. The molecule has 0 aromatic heterocycles. The first-order valence-corrected chi connectivity index (χ1v) is 8.75. The molecule has 0 radical (unpaired) electrons. The Bertz CT molecular complexity index is 440. The van der Waals surface area contributed by atoms with Gasteiger partial charge in [0.1, 0.15) is 0 Å². The van der Waals surface area contributed by atoms with Gasteiger partial charge in [0.25, 0.3) is 0 Å². The van der Waals surface area contributed by atoms with Crippen molar-refractivity contribution in [3.63, 3.8) is 0 Å². The summed E-state index contributed by atoms with van der Waals surface area (Å²) < 4.78 is 0. The van der Waals surface area contributed by atoms with E-state index in [-0.39, 0.29) is 0 Å². The van der Waals surface area contributed by atoms with Gasteiger partial charge < -0.3 is 10.2 Å². The Morgan fingerprint density at radius 1 is 1.18 bits per heavy atom. The number of piperidine rings is 1. The van der Waals surface area contributed by atoms with Gasteiger partial charge >= 0.3 is 0 Å². The molecule has 1 aromatic carbocycles. The summed E-state index contributed by atoms with van der Waals surface area (Å²) in [5.74, 6) is 0.616. The van der Waals surface area contributed by atoms with E-state index in [1.165, 1.54) is 31.5 Å². The van der Waals surface area contributed by atoms with Crippen LogP contribution in [0.5, 0.6) is 0 Å². The predicted molar refractivity (Wildman–Crippen MR) is 91.5 cm³/mol. The van der Waals surface area contributed by atoms with Gasteiger partial charge in [0.15, 0.2) is 0 Å². The maximum Gasteiger partial charge on any atom is 0.0515 e. The molecule has 2 unspecified atom stereocenters. The molecular weight excluding hydrogens is 272 g/mol. The Hall–Kier alpha value is -0.940. The van der Waals surface area contributed by atoms with Gasteiger partial charge in [0.2, 0.25) is 0 Å². The number of rotatable bonds is 5. The summed E-state index contributed by atoms with van der Waals surface area (Å²) in [6.07, 6.45) is 2.56. The Balaban J connectivity index is 1.47. The van der Waals surface area contributed by atoms with Crippen LogP contribution in [0.25, 0.3) is 0 Å². The van der Waals surface area contributed by atoms with Crippen LogP contribution in [0, 0.1) is 5.92 Å². The lowest BCUT2D eigenvalue weighted by Crippen LogP contribution is -2.46. The van der Waals surface area contributed by atoms with Crippen molar-refractivity contribution in [3.05, 3.63) is 35.9 Å². The molecule has 2 heterocycles. The first-order valence-electron chi connectivity index (χ1n) is 8.75. The van der Waals surface area contributed by atoms with E-state index in [1.54, 1.807) is 0 Å². The van der Waals surface area contributed by atoms with E-state index in [4.69, 9.17) is 0 Å². The second-order valence-electron chi connectivity index (χ2n) is 6.99. The van der Waals surface area contributed by atoms with Crippen LogP contribution in [-0.2, 0) is 0 Å². The Labute approximate surface area is 134 Å². The Morgan fingerprint density at radius 2 is 1.91 bits per heavy atom. The molecule has 2 aliphatic heterocycles. The van der Waals surface area contributed by atoms with Crippen molar-refractivity contribution in [3.8, 4) is 0 Å². The fourth-order valence-electron chi connectivity index (χ4n) is 3.68. The fraction of sp³-hybridized carbons (Fsp3) is 0.667. The molecule has 2 atom stereocenters. The van der Waals surface area contributed by atoms with Crippen molar-refractivity contribution in [2.45, 2.75) is 44.8 Å². The van der Waals surface area contributed by atoms with Crippen molar-refractivity contribution in [2.75, 3.05) is 26.2 Å². The van der Waals surface area contributed by atoms with Crippen LogP contribution >= 0.6 is 0 Å². The zero-order valence-electron chi connectivity index (χ0n) is 13.9. The smallest absolute Gasteiger partial charge is 0.0515 e. The van der Waals surface area contributed by atoms with Gasteiger partial charge in [-0.15, -0.1) is 0 Å². The van der Waals surface area contributed by atoms with E-state index in [9.17, 15) is 0 Å². The van der Waals surface area contributed by atoms with Gasteiger partial charge in [-0.2, -0.15) is 0 Å². The Morgan fingerprint density at radius 3 is 2.59 bits per heavy atom. The van der Waals surface area contributed by atoms with Crippen LogP contribution in [0.4, 0.5) is 0 Å². The molecule has 0 aliphatic carbocycles. The van der Waals surface area contributed by atoms with Crippen molar-refractivity contribution in [1.82, 2.24) is 21.1 Å². The largest absolute Gasteiger partial charge is 0.313 e. The number of benzene rings is 1. The quantitative estimate of drug-likeness (QED) is 0.777. The number of nitrogens with zero attached hydrogens (tertiary/aromatic N) is 1. The van der Waals surface area contributed by atoms with E-state index >= 15 is 0 Å². The van der Waals surface area contributed by atoms with Gasteiger partial charge in [0.05, 0.1) is 6.04 Å². The Kier molecular flexibility index (Phi) is 5.47. The molecule has 22 heavy (non-hydrogen) atoms. The summed E-state index contributed by atoms with van der Waals surface area (Å²) in [4.78, 5) is 2.59. The minimum atomic E-state index is 0.421. The summed E-state index contributed by atoms with van der Waals surface area (Å²) >= 11 is 0. The first-order chi connectivity index (χ1) is 10.7. The molecule has 122 valence electrons. The second-order valence-corrected chi connectivity index (χ2v) is 6.99.